The maximum atomic E-state index is 5.93. The van der Waals surface area contributed by atoms with Gasteiger partial charge in [0.05, 0.1) is 0 Å². The van der Waals surface area contributed by atoms with Gasteiger partial charge in [-0.3, -0.25) is 0 Å². The maximum Gasteiger partial charge on any atom is 0.0427 e. The zero-order valence-electron chi connectivity index (χ0n) is 7.55. The number of aryl methyl sites for hydroxylation is 1. The van der Waals surface area contributed by atoms with Crippen molar-refractivity contribution in [3.63, 3.8) is 0 Å². The molecule has 1 aromatic heterocycles. The van der Waals surface area contributed by atoms with Gasteiger partial charge in [-0.05, 0) is 42.8 Å². The van der Waals surface area contributed by atoms with Crippen LogP contribution in [0.2, 0.25) is 10.0 Å². The number of hydrogen-bond donors (Lipinski definition) is 0. The molecule has 14 heavy (non-hydrogen) atoms. The summed E-state index contributed by atoms with van der Waals surface area (Å²) in [7, 11) is 0. The smallest absolute Gasteiger partial charge is 0.0427 e. The minimum Gasteiger partial charge on any atom is -0.141 e. The summed E-state index contributed by atoms with van der Waals surface area (Å²) in [5, 5.41) is 1.36. The van der Waals surface area contributed by atoms with Crippen molar-refractivity contribution >= 4 is 34.5 Å². The number of rotatable bonds is 1. The summed E-state index contributed by atoms with van der Waals surface area (Å²) in [4.78, 5) is 2.49. The number of hydrogen-bond acceptors (Lipinski definition) is 1. The first-order valence-electron chi connectivity index (χ1n) is 4.18. The van der Waals surface area contributed by atoms with Gasteiger partial charge in [0.15, 0.2) is 0 Å². The van der Waals surface area contributed by atoms with Crippen LogP contribution in [0.3, 0.4) is 0 Å². The first-order chi connectivity index (χ1) is 6.65. The van der Waals surface area contributed by atoms with E-state index in [0.717, 1.165) is 5.56 Å². The molecule has 0 aliphatic rings. The molecule has 0 saturated heterocycles. The van der Waals surface area contributed by atoms with Crippen molar-refractivity contribution < 1.29 is 0 Å². The fourth-order valence-electron chi connectivity index (χ4n) is 1.29. The summed E-state index contributed by atoms with van der Waals surface area (Å²) in [6, 6.07) is 9.78. The molecule has 0 atom stereocenters. The highest BCUT2D eigenvalue weighted by Crippen LogP contribution is 2.31. The summed E-state index contributed by atoms with van der Waals surface area (Å²) < 4.78 is 0. The monoisotopic (exact) mass is 242 g/mol. The molecular formula is C11H8Cl2S. The van der Waals surface area contributed by atoms with E-state index in [1.54, 1.807) is 17.4 Å². The third-order valence-corrected chi connectivity index (χ3v) is 3.37. The molecule has 72 valence electrons. The van der Waals surface area contributed by atoms with Crippen molar-refractivity contribution in [3.05, 3.63) is 45.3 Å². The highest BCUT2D eigenvalue weighted by Gasteiger charge is 2.03. The summed E-state index contributed by atoms with van der Waals surface area (Å²) in [5.74, 6) is 0. The van der Waals surface area contributed by atoms with Crippen molar-refractivity contribution in [1.82, 2.24) is 0 Å². The van der Waals surface area contributed by atoms with Crippen LogP contribution in [0.1, 0.15) is 4.88 Å². The molecule has 2 rings (SSSR count). The second-order valence-corrected chi connectivity index (χ2v) is 5.23. The molecule has 0 fully saturated rings. The fraction of sp³-hybridized carbons (Fsp3) is 0.0909. The molecule has 1 aromatic carbocycles. The Morgan fingerprint density at radius 2 is 1.64 bits per heavy atom. The van der Waals surface area contributed by atoms with Crippen molar-refractivity contribution in [2.75, 3.05) is 0 Å². The van der Waals surface area contributed by atoms with Crippen LogP contribution in [-0.2, 0) is 0 Å². The van der Waals surface area contributed by atoms with Crippen LogP contribution in [-0.4, -0.2) is 0 Å². The van der Waals surface area contributed by atoms with Crippen LogP contribution in [0.15, 0.2) is 30.3 Å². The second kappa shape index (κ2) is 3.93. The lowest BCUT2D eigenvalue weighted by atomic mass is 10.2. The van der Waals surface area contributed by atoms with Crippen LogP contribution < -0.4 is 0 Å². The standard InChI is InChI=1S/C11H8Cl2S/c1-7-2-3-11(14-7)8-4-9(12)6-10(13)5-8/h2-6H,1H3. The van der Waals surface area contributed by atoms with Gasteiger partial charge in [-0.1, -0.05) is 23.2 Å². The minimum atomic E-state index is 0.679. The Morgan fingerprint density at radius 1 is 1.00 bits per heavy atom. The lowest BCUT2D eigenvalue weighted by molar-refractivity contribution is 1.64. The van der Waals surface area contributed by atoms with Crippen molar-refractivity contribution in [1.29, 1.82) is 0 Å². The Labute approximate surface area is 97.1 Å². The molecule has 0 radical (unpaired) electrons. The van der Waals surface area contributed by atoms with Crippen LogP contribution in [0.25, 0.3) is 10.4 Å². The van der Waals surface area contributed by atoms with Gasteiger partial charge in [0.25, 0.3) is 0 Å². The van der Waals surface area contributed by atoms with Crippen molar-refractivity contribution in [2.45, 2.75) is 6.92 Å². The second-order valence-electron chi connectivity index (χ2n) is 3.07. The highest BCUT2D eigenvalue weighted by molar-refractivity contribution is 7.15. The predicted octanol–water partition coefficient (Wildman–Crippen LogP) is 5.03. The van der Waals surface area contributed by atoms with Gasteiger partial charge in [-0.2, -0.15) is 0 Å². The summed E-state index contributed by atoms with van der Waals surface area (Å²) in [6.07, 6.45) is 0. The van der Waals surface area contributed by atoms with E-state index >= 15 is 0 Å². The molecule has 0 aliphatic heterocycles. The lowest BCUT2D eigenvalue weighted by Gasteiger charge is -1.99. The van der Waals surface area contributed by atoms with Crippen LogP contribution in [0, 0.1) is 6.92 Å². The van der Waals surface area contributed by atoms with E-state index in [4.69, 9.17) is 23.2 Å². The highest BCUT2D eigenvalue weighted by atomic mass is 35.5. The fourth-order valence-corrected chi connectivity index (χ4v) is 2.67. The van der Waals surface area contributed by atoms with E-state index in [1.165, 1.54) is 9.75 Å². The molecular weight excluding hydrogens is 235 g/mol. The lowest BCUT2D eigenvalue weighted by Crippen LogP contribution is -1.73. The van der Waals surface area contributed by atoms with Crippen LogP contribution in [0.4, 0.5) is 0 Å². The first-order valence-corrected chi connectivity index (χ1v) is 5.75. The quantitative estimate of drug-likeness (QED) is 0.658. The molecule has 0 N–H and O–H groups in total. The van der Waals surface area contributed by atoms with Gasteiger partial charge in [0.1, 0.15) is 0 Å². The van der Waals surface area contributed by atoms with E-state index in [0.29, 0.717) is 10.0 Å². The molecule has 3 heteroatoms. The topological polar surface area (TPSA) is 0 Å². The SMILES string of the molecule is Cc1ccc(-c2cc(Cl)cc(Cl)c2)s1. The average molecular weight is 243 g/mol. The first kappa shape index (κ1) is 10.0. The van der Waals surface area contributed by atoms with E-state index in [9.17, 15) is 0 Å². The molecule has 0 amide bonds. The van der Waals surface area contributed by atoms with Gasteiger partial charge < -0.3 is 0 Å². The van der Waals surface area contributed by atoms with Crippen molar-refractivity contribution in [2.24, 2.45) is 0 Å². The molecule has 0 bridgehead atoms. The van der Waals surface area contributed by atoms with Crippen LogP contribution >= 0.6 is 34.5 Å². The maximum absolute atomic E-state index is 5.93. The largest absolute Gasteiger partial charge is 0.141 e. The average Bonchev–Trinajstić information content (AvgIpc) is 2.50. The van der Waals surface area contributed by atoms with Crippen LogP contribution in [0.5, 0.6) is 0 Å². The Morgan fingerprint density at radius 3 is 2.14 bits per heavy atom. The van der Waals surface area contributed by atoms with Gasteiger partial charge >= 0.3 is 0 Å². The molecule has 0 unspecified atom stereocenters. The Balaban J connectivity index is 2.51. The van der Waals surface area contributed by atoms with E-state index in [1.807, 2.05) is 12.1 Å². The molecule has 0 saturated carbocycles. The number of thiophene rings is 1. The van der Waals surface area contributed by atoms with Gasteiger partial charge in [-0.15, -0.1) is 11.3 Å². The normalized spacial score (nSPS) is 10.5. The minimum absolute atomic E-state index is 0.679. The van der Waals surface area contributed by atoms with E-state index < -0.39 is 0 Å². The zero-order chi connectivity index (χ0) is 10.1. The third-order valence-electron chi connectivity index (χ3n) is 1.89. The third kappa shape index (κ3) is 2.11. The van der Waals surface area contributed by atoms with Gasteiger partial charge in [0.2, 0.25) is 0 Å². The zero-order valence-corrected chi connectivity index (χ0v) is 9.88. The molecule has 0 aliphatic carbocycles. The Hall–Kier alpha value is -0.500. The van der Waals surface area contributed by atoms with E-state index in [-0.39, 0.29) is 0 Å². The predicted molar refractivity (Wildman–Crippen MR) is 64.5 cm³/mol. The summed E-state index contributed by atoms with van der Waals surface area (Å²) in [6.45, 7) is 2.08. The summed E-state index contributed by atoms with van der Waals surface area (Å²) >= 11 is 13.6. The Kier molecular flexibility index (Phi) is 2.82. The molecule has 0 spiro atoms. The Bertz CT molecular complexity index is 440. The van der Waals surface area contributed by atoms with Gasteiger partial charge in [0, 0.05) is 19.8 Å². The van der Waals surface area contributed by atoms with Gasteiger partial charge in [-0.25, -0.2) is 0 Å². The number of benzene rings is 1. The summed E-state index contributed by atoms with van der Waals surface area (Å²) in [5.41, 5.74) is 1.08. The number of halogens is 2. The van der Waals surface area contributed by atoms with E-state index in [2.05, 4.69) is 19.1 Å². The molecule has 0 nitrogen and oxygen atoms in total. The van der Waals surface area contributed by atoms with Crippen molar-refractivity contribution in [3.8, 4) is 10.4 Å². The molecule has 1 heterocycles. The molecule has 2 aromatic rings.